The number of para-hydroxylation sites is 1. The van der Waals surface area contributed by atoms with Crippen molar-refractivity contribution in [2.24, 2.45) is 4.99 Å². The molecule has 1 N–H and O–H groups in total. The van der Waals surface area contributed by atoms with Gasteiger partial charge in [0.25, 0.3) is 0 Å². The topological polar surface area (TPSA) is 29.3 Å². The van der Waals surface area contributed by atoms with Crippen LogP contribution in [-0.2, 0) is 5.41 Å². The molecule has 0 spiro atoms. The molecular weight excluding hydrogens is 558 g/mol. The van der Waals surface area contributed by atoms with E-state index in [2.05, 4.69) is 175 Å². The SMILES string of the molecule is CC1(C)c2ccccc2-c2cc3c4ccccc4n(-c4cccc(C5N=C(c6ccccc6)C=C(c6ccccc6)N5)c4)c3cc21. The van der Waals surface area contributed by atoms with E-state index >= 15 is 0 Å². The molecule has 1 aliphatic carbocycles. The quantitative estimate of drug-likeness (QED) is 0.217. The summed E-state index contributed by atoms with van der Waals surface area (Å²) in [5, 5.41) is 6.30. The Hall–Kier alpha value is -5.67. The van der Waals surface area contributed by atoms with E-state index in [1.165, 1.54) is 44.1 Å². The zero-order valence-corrected chi connectivity index (χ0v) is 25.9. The minimum atomic E-state index is -0.235. The Morgan fingerprint density at radius 1 is 0.587 bits per heavy atom. The zero-order valence-electron chi connectivity index (χ0n) is 25.9. The second-order valence-corrected chi connectivity index (χ2v) is 12.9. The van der Waals surface area contributed by atoms with Gasteiger partial charge in [0, 0.05) is 27.6 Å². The summed E-state index contributed by atoms with van der Waals surface area (Å²) in [6.45, 7) is 4.71. The van der Waals surface area contributed by atoms with Gasteiger partial charge in [-0.1, -0.05) is 129 Å². The molecule has 0 saturated heterocycles. The lowest BCUT2D eigenvalue weighted by molar-refractivity contribution is 0.661. The molecule has 0 bridgehead atoms. The molecule has 3 nitrogen and oxygen atoms in total. The number of aliphatic imine (C=N–C) groups is 1. The maximum absolute atomic E-state index is 5.25. The lowest BCUT2D eigenvalue weighted by Crippen LogP contribution is -2.25. The fraction of sp³-hybridized carbons (Fsp3) is 0.0930. The standard InChI is InChI=1S/C43H33N3/c1-43(2)36-22-11-9-20-32(36)34-25-35-33-21-10-12-23-40(33)46(41(35)26-37(34)43)31-19-13-18-30(24-31)42-44-38(28-14-5-3-6-15-28)27-39(45-42)29-16-7-4-8-17-29/h3-27,42,44H,1-2H3. The third-order valence-electron chi connectivity index (χ3n) is 9.82. The summed E-state index contributed by atoms with van der Waals surface area (Å²) in [6, 6.07) is 52.4. The summed E-state index contributed by atoms with van der Waals surface area (Å²) in [5.74, 6) is 0. The minimum absolute atomic E-state index is 0.0714. The molecule has 1 aromatic heterocycles. The van der Waals surface area contributed by atoms with Gasteiger partial charge < -0.3 is 9.88 Å². The molecule has 1 unspecified atom stereocenters. The highest BCUT2D eigenvalue weighted by Crippen LogP contribution is 2.51. The Bertz CT molecular complexity index is 2360. The number of hydrogen-bond acceptors (Lipinski definition) is 2. The maximum Gasteiger partial charge on any atom is 0.145 e. The molecule has 1 aliphatic heterocycles. The van der Waals surface area contributed by atoms with Crippen LogP contribution in [0.3, 0.4) is 0 Å². The van der Waals surface area contributed by atoms with Crippen molar-refractivity contribution in [3.05, 3.63) is 179 Å². The zero-order chi connectivity index (χ0) is 30.8. The first-order valence-corrected chi connectivity index (χ1v) is 16.0. The molecule has 0 saturated carbocycles. The molecule has 7 aromatic rings. The Balaban J connectivity index is 1.21. The molecule has 0 fully saturated rings. The number of nitrogens with zero attached hydrogens (tertiary/aromatic N) is 2. The van der Waals surface area contributed by atoms with Gasteiger partial charge in [-0.3, -0.25) is 4.99 Å². The molecule has 0 amide bonds. The van der Waals surface area contributed by atoms with Crippen molar-refractivity contribution in [2.45, 2.75) is 25.4 Å². The van der Waals surface area contributed by atoms with Crippen LogP contribution in [-0.4, -0.2) is 10.3 Å². The van der Waals surface area contributed by atoms with Crippen LogP contribution in [0.2, 0.25) is 0 Å². The smallest absolute Gasteiger partial charge is 0.145 e. The Morgan fingerprint density at radius 2 is 1.30 bits per heavy atom. The second kappa shape index (κ2) is 10.2. The van der Waals surface area contributed by atoms with Crippen molar-refractivity contribution in [1.29, 1.82) is 0 Å². The van der Waals surface area contributed by atoms with Gasteiger partial charge in [-0.25, -0.2) is 0 Å². The minimum Gasteiger partial charge on any atom is -0.360 e. The van der Waals surface area contributed by atoms with E-state index in [1.807, 2.05) is 0 Å². The second-order valence-electron chi connectivity index (χ2n) is 12.9. The number of allylic oxidation sites excluding steroid dienone is 1. The number of aromatic nitrogens is 1. The van der Waals surface area contributed by atoms with E-state index < -0.39 is 0 Å². The predicted octanol–water partition coefficient (Wildman–Crippen LogP) is 10.2. The molecule has 6 aromatic carbocycles. The van der Waals surface area contributed by atoms with Crippen molar-refractivity contribution in [1.82, 2.24) is 9.88 Å². The summed E-state index contributed by atoms with van der Waals surface area (Å²) < 4.78 is 2.44. The highest BCUT2D eigenvalue weighted by molar-refractivity contribution is 6.13. The van der Waals surface area contributed by atoms with Crippen LogP contribution >= 0.6 is 0 Å². The van der Waals surface area contributed by atoms with Gasteiger partial charge in [0.05, 0.1) is 16.7 Å². The molecular formula is C43H33N3. The number of rotatable bonds is 4. The van der Waals surface area contributed by atoms with E-state index in [4.69, 9.17) is 4.99 Å². The van der Waals surface area contributed by atoms with Gasteiger partial charge in [-0.05, 0) is 75.4 Å². The van der Waals surface area contributed by atoms with E-state index in [9.17, 15) is 0 Å². The van der Waals surface area contributed by atoms with Crippen molar-refractivity contribution >= 4 is 33.2 Å². The molecule has 1 atom stereocenters. The Labute approximate surface area is 269 Å². The number of fused-ring (bicyclic) bond motifs is 6. The average Bonchev–Trinajstić information content (AvgIpc) is 3.56. The monoisotopic (exact) mass is 591 g/mol. The highest BCUT2D eigenvalue weighted by Gasteiger charge is 2.36. The van der Waals surface area contributed by atoms with Gasteiger partial charge >= 0.3 is 0 Å². The van der Waals surface area contributed by atoms with Crippen molar-refractivity contribution in [3.8, 4) is 16.8 Å². The van der Waals surface area contributed by atoms with Crippen molar-refractivity contribution < 1.29 is 0 Å². The summed E-state index contributed by atoms with van der Waals surface area (Å²) in [7, 11) is 0. The van der Waals surface area contributed by atoms with Crippen LogP contribution in [0.1, 0.15) is 47.8 Å². The van der Waals surface area contributed by atoms with E-state index in [0.717, 1.165) is 33.8 Å². The molecule has 9 rings (SSSR count). The first-order valence-electron chi connectivity index (χ1n) is 16.0. The van der Waals surface area contributed by atoms with Gasteiger partial charge in [-0.15, -0.1) is 0 Å². The average molecular weight is 592 g/mol. The maximum atomic E-state index is 5.25. The largest absolute Gasteiger partial charge is 0.360 e. The van der Waals surface area contributed by atoms with Crippen LogP contribution in [0.5, 0.6) is 0 Å². The van der Waals surface area contributed by atoms with E-state index in [1.54, 1.807) is 0 Å². The lowest BCUT2D eigenvalue weighted by atomic mass is 9.82. The number of nitrogens with one attached hydrogen (secondary N) is 1. The van der Waals surface area contributed by atoms with Crippen LogP contribution < -0.4 is 5.32 Å². The summed E-state index contributed by atoms with van der Waals surface area (Å²) in [4.78, 5) is 5.25. The third kappa shape index (κ3) is 4.09. The van der Waals surface area contributed by atoms with Crippen LogP contribution in [0.25, 0.3) is 44.3 Å². The molecule has 2 heterocycles. The number of benzene rings is 6. The van der Waals surface area contributed by atoms with Gasteiger partial charge in [0.15, 0.2) is 0 Å². The molecule has 46 heavy (non-hydrogen) atoms. The molecule has 0 radical (unpaired) electrons. The van der Waals surface area contributed by atoms with Crippen LogP contribution in [0, 0.1) is 0 Å². The Morgan fingerprint density at radius 3 is 2.13 bits per heavy atom. The fourth-order valence-corrected chi connectivity index (χ4v) is 7.52. The normalized spacial score (nSPS) is 16.4. The highest BCUT2D eigenvalue weighted by atomic mass is 15.1. The predicted molar refractivity (Wildman–Crippen MR) is 192 cm³/mol. The Kier molecular flexibility index (Phi) is 5.91. The third-order valence-corrected chi connectivity index (χ3v) is 9.82. The van der Waals surface area contributed by atoms with Crippen LogP contribution in [0.15, 0.2) is 157 Å². The summed E-state index contributed by atoms with van der Waals surface area (Å²) in [6.07, 6.45) is 1.93. The van der Waals surface area contributed by atoms with E-state index in [-0.39, 0.29) is 11.6 Å². The summed E-state index contributed by atoms with van der Waals surface area (Å²) >= 11 is 0. The van der Waals surface area contributed by atoms with Gasteiger partial charge in [-0.2, -0.15) is 0 Å². The molecule has 3 heteroatoms. The molecule has 2 aliphatic rings. The fourth-order valence-electron chi connectivity index (χ4n) is 7.52. The lowest BCUT2D eigenvalue weighted by Gasteiger charge is -2.25. The van der Waals surface area contributed by atoms with Gasteiger partial charge in [0.1, 0.15) is 6.17 Å². The first kappa shape index (κ1) is 26.7. The molecule has 220 valence electrons. The summed E-state index contributed by atoms with van der Waals surface area (Å²) in [5.41, 5.74) is 14.4. The van der Waals surface area contributed by atoms with Gasteiger partial charge in [0.2, 0.25) is 0 Å². The first-order chi connectivity index (χ1) is 22.6. The number of hydrogen-bond donors (Lipinski definition) is 1. The van der Waals surface area contributed by atoms with Crippen molar-refractivity contribution in [2.75, 3.05) is 0 Å². The van der Waals surface area contributed by atoms with Crippen LogP contribution in [0.4, 0.5) is 0 Å². The van der Waals surface area contributed by atoms with E-state index in [0.29, 0.717) is 0 Å². The van der Waals surface area contributed by atoms with Crippen molar-refractivity contribution in [3.63, 3.8) is 0 Å².